The van der Waals surface area contributed by atoms with Gasteiger partial charge in [0.2, 0.25) is 5.82 Å². The summed E-state index contributed by atoms with van der Waals surface area (Å²) in [4.78, 5) is 22.4. The van der Waals surface area contributed by atoms with Crippen molar-refractivity contribution in [1.82, 2.24) is 25.1 Å². The molecule has 0 bridgehead atoms. The Labute approximate surface area is 114 Å². The van der Waals surface area contributed by atoms with Crippen LogP contribution in [0, 0.1) is 6.92 Å². The molecule has 0 atom stereocenters. The number of nitrogens with zero attached hydrogens (tertiary/aromatic N) is 4. The number of carbonyl (C=O) groups is 1. The Hall–Kier alpha value is -1.76. The van der Waals surface area contributed by atoms with E-state index in [4.69, 9.17) is 0 Å². The minimum Gasteiger partial charge on any atom is -0.333 e. The first-order chi connectivity index (χ1) is 9.13. The molecule has 0 unspecified atom stereocenters. The highest BCUT2D eigenvalue weighted by atomic mass is 32.1. The van der Waals surface area contributed by atoms with Gasteiger partial charge < -0.3 is 4.90 Å². The standard InChI is InChI=1S/C12H15N5OS/c1-7-13-9(6-19-7)5-17(2)12(18)11-14-10(15-16-11)8-3-4-8/h6,8H,3-5H2,1-2H3,(H,14,15,16). The second kappa shape index (κ2) is 4.73. The van der Waals surface area contributed by atoms with Crippen molar-refractivity contribution in [2.24, 2.45) is 0 Å². The molecule has 2 aromatic rings. The maximum Gasteiger partial charge on any atom is 0.293 e. The van der Waals surface area contributed by atoms with Crippen LogP contribution < -0.4 is 0 Å². The van der Waals surface area contributed by atoms with E-state index in [1.807, 2.05) is 12.3 Å². The van der Waals surface area contributed by atoms with Crippen LogP contribution in [0.4, 0.5) is 0 Å². The fraction of sp³-hybridized carbons (Fsp3) is 0.500. The van der Waals surface area contributed by atoms with Crippen LogP contribution in [0.25, 0.3) is 0 Å². The van der Waals surface area contributed by atoms with Gasteiger partial charge >= 0.3 is 0 Å². The van der Waals surface area contributed by atoms with E-state index in [9.17, 15) is 4.79 Å². The van der Waals surface area contributed by atoms with Gasteiger partial charge in [0.1, 0.15) is 5.82 Å². The lowest BCUT2D eigenvalue weighted by Gasteiger charge is -2.13. The Morgan fingerprint density at radius 1 is 1.53 bits per heavy atom. The first-order valence-corrected chi connectivity index (χ1v) is 7.10. The molecule has 0 aromatic carbocycles. The van der Waals surface area contributed by atoms with Gasteiger partial charge in [-0.3, -0.25) is 9.89 Å². The number of nitrogens with one attached hydrogen (secondary N) is 1. The van der Waals surface area contributed by atoms with Crippen LogP contribution in [0.1, 0.15) is 45.9 Å². The van der Waals surface area contributed by atoms with Gasteiger partial charge in [-0.25, -0.2) is 9.97 Å². The largest absolute Gasteiger partial charge is 0.333 e. The number of hydrogen-bond donors (Lipinski definition) is 1. The summed E-state index contributed by atoms with van der Waals surface area (Å²) in [6, 6.07) is 0. The molecule has 1 aliphatic rings. The lowest BCUT2D eigenvalue weighted by Crippen LogP contribution is -2.27. The van der Waals surface area contributed by atoms with E-state index in [0.29, 0.717) is 12.5 Å². The van der Waals surface area contributed by atoms with Gasteiger partial charge in [0.05, 0.1) is 17.2 Å². The molecule has 1 N–H and O–H groups in total. The third-order valence-corrected chi connectivity index (χ3v) is 3.89. The van der Waals surface area contributed by atoms with Crippen molar-refractivity contribution in [3.8, 4) is 0 Å². The van der Waals surface area contributed by atoms with E-state index in [1.54, 1.807) is 23.3 Å². The van der Waals surface area contributed by atoms with Crippen LogP contribution in [0.3, 0.4) is 0 Å². The number of aromatic amines is 1. The number of amides is 1. The summed E-state index contributed by atoms with van der Waals surface area (Å²) in [6.45, 7) is 2.43. The molecule has 0 radical (unpaired) electrons. The van der Waals surface area contributed by atoms with Crippen LogP contribution in [0.5, 0.6) is 0 Å². The fourth-order valence-corrected chi connectivity index (χ4v) is 2.48. The van der Waals surface area contributed by atoms with Gasteiger partial charge in [0.25, 0.3) is 5.91 Å². The second-order valence-corrected chi connectivity index (χ2v) is 5.90. The molecule has 2 heterocycles. The molecular weight excluding hydrogens is 262 g/mol. The highest BCUT2D eigenvalue weighted by Crippen LogP contribution is 2.37. The van der Waals surface area contributed by atoms with E-state index in [2.05, 4.69) is 20.2 Å². The number of hydrogen-bond acceptors (Lipinski definition) is 5. The van der Waals surface area contributed by atoms with Gasteiger partial charge in [-0.2, -0.15) is 0 Å². The molecule has 0 saturated heterocycles. The molecule has 3 rings (SSSR count). The SMILES string of the molecule is Cc1nc(CN(C)C(=O)c2n[nH]c(C3CC3)n2)cs1. The van der Waals surface area contributed by atoms with Crippen molar-refractivity contribution in [3.63, 3.8) is 0 Å². The van der Waals surface area contributed by atoms with Gasteiger partial charge in [-0.1, -0.05) is 0 Å². The number of aryl methyl sites for hydroxylation is 1. The molecule has 1 aliphatic carbocycles. The highest BCUT2D eigenvalue weighted by Gasteiger charge is 2.28. The van der Waals surface area contributed by atoms with E-state index in [-0.39, 0.29) is 11.7 Å². The third kappa shape index (κ3) is 2.65. The molecular formula is C12H15N5OS. The molecule has 7 heteroatoms. The molecule has 1 amide bonds. The Kier molecular flexibility index (Phi) is 3.06. The van der Waals surface area contributed by atoms with Gasteiger partial charge in [0.15, 0.2) is 0 Å². The van der Waals surface area contributed by atoms with E-state index in [0.717, 1.165) is 29.4 Å². The van der Waals surface area contributed by atoms with Gasteiger partial charge in [-0.05, 0) is 19.8 Å². The Morgan fingerprint density at radius 2 is 2.32 bits per heavy atom. The lowest BCUT2D eigenvalue weighted by atomic mass is 10.4. The Balaban J connectivity index is 1.67. The van der Waals surface area contributed by atoms with Crippen molar-refractivity contribution in [2.75, 3.05) is 7.05 Å². The summed E-state index contributed by atoms with van der Waals surface area (Å²) in [7, 11) is 1.74. The van der Waals surface area contributed by atoms with E-state index in [1.165, 1.54) is 0 Å². The van der Waals surface area contributed by atoms with Crippen LogP contribution >= 0.6 is 11.3 Å². The monoisotopic (exact) mass is 277 g/mol. The molecule has 100 valence electrons. The minimum absolute atomic E-state index is 0.172. The maximum atomic E-state index is 12.2. The third-order valence-electron chi connectivity index (χ3n) is 3.07. The second-order valence-electron chi connectivity index (χ2n) is 4.84. The normalized spacial score (nSPS) is 14.6. The van der Waals surface area contributed by atoms with Crippen molar-refractivity contribution < 1.29 is 4.79 Å². The smallest absolute Gasteiger partial charge is 0.293 e. The zero-order valence-corrected chi connectivity index (χ0v) is 11.7. The van der Waals surface area contributed by atoms with Crippen molar-refractivity contribution in [2.45, 2.75) is 32.2 Å². The Morgan fingerprint density at radius 3 is 2.95 bits per heavy atom. The van der Waals surface area contributed by atoms with Crippen LogP contribution in [-0.2, 0) is 6.54 Å². The summed E-state index contributed by atoms with van der Waals surface area (Å²) < 4.78 is 0. The van der Waals surface area contributed by atoms with Crippen LogP contribution in [0.15, 0.2) is 5.38 Å². The summed E-state index contributed by atoms with van der Waals surface area (Å²) in [6.07, 6.45) is 2.27. The minimum atomic E-state index is -0.172. The number of rotatable bonds is 4. The summed E-state index contributed by atoms with van der Waals surface area (Å²) >= 11 is 1.58. The van der Waals surface area contributed by atoms with E-state index < -0.39 is 0 Å². The fourth-order valence-electron chi connectivity index (χ4n) is 1.88. The molecule has 0 spiro atoms. The first-order valence-electron chi connectivity index (χ1n) is 6.22. The number of carbonyl (C=O) groups excluding carboxylic acids is 1. The molecule has 19 heavy (non-hydrogen) atoms. The first kappa shape index (κ1) is 12.3. The zero-order chi connectivity index (χ0) is 13.4. The van der Waals surface area contributed by atoms with Gasteiger partial charge in [0, 0.05) is 18.3 Å². The lowest BCUT2D eigenvalue weighted by molar-refractivity contribution is 0.0772. The molecule has 2 aromatic heterocycles. The van der Waals surface area contributed by atoms with E-state index >= 15 is 0 Å². The summed E-state index contributed by atoms with van der Waals surface area (Å²) in [5.41, 5.74) is 0.899. The van der Waals surface area contributed by atoms with Crippen molar-refractivity contribution in [1.29, 1.82) is 0 Å². The molecule has 0 aliphatic heterocycles. The number of thiazole rings is 1. The summed E-state index contributed by atoms with van der Waals surface area (Å²) in [5, 5.41) is 9.82. The van der Waals surface area contributed by atoms with Crippen molar-refractivity contribution >= 4 is 17.2 Å². The average molecular weight is 277 g/mol. The Bertz CT molecular complexity index is 601. The van der Waals surface area contributed by atoms with Crippen molar-refractivity contribution in [3.05, 3.63) is 27.7 Å². The maximum absolute atomic E-state index is 12.2. The van der Waals surface area contributed by atoms with Crippen LogP contribution in [-0.4, -0.2) is 38.0 Å². The number of aromatic nitrogens is 4. The van der Waals surface area contributed by atoms with Gasteiger partial charge in [-0.15, -0.1) is 16.4 Å². The molecule has 1 fully saturated rings. The quantitative estimate of drug-likeness (QED) is 0.923. The number of H-pyrrole nitrogens is 1. The molecule has 6 nitrogen and oxygen atoms in total. The predicted octanol–water partition coefficient (Wildman–Crippen LogP) is 1.72. The summed E-state index contributed by atoms with van der Waals surface area (Å²) in [5.74, 6) is 1.38. The highest BCUT2D eigenvalue weighted by molar-refractivity contribution is 7.09. The molecule has 1 saturated carbocycles. The predicted molar refractivity (Wildman–Crippen MR) is 71.0 cm³/mol. The average Bonchev–Trinajstić information content (AvgIpc) is 2.98. The zero-order valence-electron chi connectivity index (χ0n) is 10.9. The van der Waals surface area contributed by atoms with Crippen LogP contribution in [0.2, 0.25) is 0 Å². The topological polar surface area (TPSA) is 74.8 Å².